The average Bonchev–Trinajstić information content (AvgIpc) is 2.79. The Morgan fingerprint density at radius 2 is 2.17 bits per heavy atom. The molecule has 5 heteroatoms. The number of fused-ring (bicyclic) bond motifs is 1. The Bertz CT molecular complexity index is 221. The fourth-order valence-electron chi connectivity index (χ4n) is 1.47. The molecule has 0 radical (unpaired) electrons. The van der Waals surface area contributed by atoms with Crippen molar-refractivity contribution < 1.29 is 14.6 Å². The molecule has 1 N–H and O–H groups in total. The number of carbonyl (C=O) groups is 1. The highest BCUT2D eigenvalue weighted by Crippen LogP contribution is 2.39. The van der Waals surface area contributed by atoms with Crippen LogP contribution >= 0.6 is 31.9 Å². The van der Waals surface area contributed by atoms with Gasteiger partial charge in [0.15, 0.2) is 5.78 Å². The van der Waals surface area contributed by atoms with E-state index < -0.39 is 6.10 Å². The molecular weight excluding hydrogens is 292 g/mol. The molecule has 3 nitrogen and oxygen atoms in total. The van der Waals surface area contributed by atoms with Crippen molar-refractivity contribution in [3.63, 3.8) is 0 Å². The van der Waals surface area contributed by atoms with E-state index in [9.17, 15) is 9.90 Å². The number of ketones is 1. The van der Waals surface area contributed by atoms with Crippen LogP contribution in [0, 0.1) is 0 Å². The topological polar surface area (TPSA) is 49.8 Å². The normalized spacial score (nSPS) is 52.9. The first-order valence-electron chi connectivity index (χ1n) is 3.76. The number of aliphatic hydroxyl groups excluding tert-OH is 1. The zero-order valence-electron chi connectivity index (χ0n) is 6.11. The summed E-state index contributed by atoms with van der Waals surface area (Å²) in [6, 6.07) is 0. The maximum Gasteiger partial charge on any atom is 0.176 e. The summed E-state index contributed by atoms with van der Waals surface area (Å²) in [4.78, 5) is 10.8. The largest absolute Gasteiger partial charge is 0.384 e. The number of carbonyl (C=O) groups excluding carboxylic acids is 1. The van der Waals surface area contributed by atoms with Gasteiger partial charge in [-0.1, -0.05) is 31.9 Å². The second-order valence-electron chi connectivity index (χ2n) is 3.13. The van der Waals surface area contributed by atoms with Gasteiger partial charge in [0.05, 0.1) is 21.9 Å². The van der Waals surface area contributed by atoms with Gasteiger partial charge in [-0.2, -0.15) is 0 Å². The Morgan fingerprint density at radius 1 is 1.50 bits per heavy atom. The molecule has 1 saturated heterocycles. The van der Waals surface area contributed by atoms with Gasteiger partial charge in [0.2, 0.25) is 0 Å². The van der Waals surface area contributed by atoms with Crippen LogP contribution < -0.4 is 0 Å². The standard InChI is InChI=1S/C7H8Br2O3/c8-2-1-3-7(12-3)4(9)6(11)5(2)10/h2-4,6-7,11H,1H2/t2-,3-,4-,6-,7-/m1/s1. The summed E-state index contributed by atoms with van der Waals surface area (Å²) in [5.41, 5.74) is 0. The van der Waals surface area contributed by atoms with E-state index >= 15 is 0 Å². The zero-order valence-corrected chi connectivity index (χ0v) is 9.29. The van der Waals surface area contributed by atoms with E-state index in [-0.39, 0.29) is 27.6 Å². The molecule has 12 heavy (non-hydrogen) atoms. The highest BCUT2D eigenvalue weighted by atomic mass is 79.9. The van der Waals surface area contributed by atoms with Crippen molar-refractivity contribution >= 4 is 37.6 Å². The van der Waals surface area contributed by atoms with E-state index in [1.807, 2.05) is 0 Å². The maximum absolute atomic E-state index is 11.3. The summed E-state index contributed by atoms with van der Waals surface area (Å²) in [7, 11) is 0. The predicted molar refractivity (Wildman–Crippen MR) is 49.7 cm³/mol. The fraction of sp³-hybridized carbons (Fsp3) is 0.857. The Hall–Kier alpha value is 0.550. The molecule has 0 aromatic rings. The quantitative estimate of drug-likeness (QED) is 0.527. The highest BCUT2D eigenvalue weighted by molar-refractivity contribution is 9.10. The lowest BCUT2D eigenvalue weighted by Gasteiger charge is -2.14. The van der Waals surface area contributed by atoms with Crippen molar-refractivity contribution in [2.75, 3.05) is 0 Å². The lowest BCUT2D eigenvalue weighted by atomic mass is 10.1. The Labute approximate surface area is 86.7 Å². The molecule has 0 unspecified atom stereocenters. The van der Waals surface area contributed by atoms with Crippen LogP contribution in [0.15, 0.2) is 0 Å². The summed E-state index contributed by atoms with van der Waals surface area (Å²) >= 11 is 6.49. The van der Waals surface area contributed by atoms with Gasteiger partial charge < -0.3 is 9.84 Å². The van der Waals surface area contributed by atoms with Gasteiger partial charge in [-0.3, -0.25) is 4.79 Å². The number of aliphatic hydroxyl groups is 1. The molecule has 0 aromatic carbocycles. The number of Topliss-reactive ketones (excluding diaryl/α,β-unsaturated/α-hetero) is 1. The first kappa shape index (κ1) is 9.12. The van der Waals surface area contributed by atoms with Crippen molar-refractivity contribution in [2.24, 2.45) is 0 Å². The minimum absolute atomic E-state index is 0.0199. The van der Waals surface area contributed by atoms with Crippen LogP contribution in [0.3, 0.4) is 0 Å². The van der Waals surface area contributed by atoms with E-state index in [0.717, 1.165) is 0 Å². The highest BCUT2D eigenvalue weighted by Gasteiger charge is 2.52. The molecule has 2 fully saturated rings. The SMILES string of the molecule is O=C1[C@H](Br)C[C@H]2O[C@H]2[C@H](Br)[C@H]1O. The molecule has 1 aliphatic heterocycles. The molecule has 0 spiro atoms. The van der Waals surface area contributed by atoms with E-state index in [1.165, 1.54) is 0 Å². The van der Waals surface area contributed by atoms with Crippen molar-refractivity contribution in [1.82, 2.24) is 0 Å². The molecule has 2 rings (SSSR count). The monoisotopic (exact) mass is 298 g/mol. The molecule has 68 valence electrons. The van der Waals surface area contributed by atoms with Gasteiger partial charge in [-0.05, 0) is 6.42 Å². The fourth-order valence-corrected chi connectivity index (χ4v) is 2.83. The van der Waals surface area contributed by atoms with E-state index in [2.05, 4.69) is 31.9 Å². The lowest BCUT2D eigenvalue weighted by Crippen LogP contribution is -2.35. The molecule has 0 aromatic heterocycles. The van der Waals surface area contributed by atoms with E-state index in [1.54, 1.807) is 0 Å². The summed E-state index contributed by atoms with van der Waals surface area (Å²) < 4.78 is 5.27. The average molecular weight is 300 g/mol. The summed E-state index contributed by atoms with van der Waals surface area (Å²) in [6.45, 7) is 0. The third-order valence-corrected chi connectivity index (χ3v) is 4.12. The van der Waals surface area contributed by atoms with Gasteiger partial charge in [-0.25, -0.2) is 0 Å². The molecule has 0 bridgehead atoms. The van der Waals surface area contributed by atoms with E-state index in [0.29, 0.717) is 6.42 Å². The van der Waals surface area contributed by atoms with Gasteiger partial charge in [-0.15, -0.1) is 0 Å². The van der Waals surface area contributed by atoms with Crippen LogP contribution in [0.5, 0.6) is 0 Å². The molecule has 1 heterocycles. The molecule has 1 saturated carbocycles. The van der Waals surface area contributed by atoms with Crippen LogP contribution in [0.4, 0.5) is 0 Å². The van der Waals surface area contributed by atoms with E-state index in [4.69, 9.17) is 4.74 Å². The van der Waals surface area contributed by atoms with Crippen LogP contribution in [0.2, 0.25) is 0 Å². The number of epoxide rings is 1. The third kappa shape index (κ3) is 1.36. The van der Waals surface area contributed by atoms with Crippen molar-refractivity contribution in [3.8, 4) is 0 Å². The Morgan fingerprint density at radius 3 is 2.83 bits per heavy atom. The minimum atomic E-state index is -0.938. The van der Waals surface area contributed by atoms with Crippen LogP contribution in [0.25, 0.3) is 0 Å². The number of hydrogen-bond donors (Lipinski definition) is 1. The summed E-state index contributed by atoms with van der Waals surface area (Å²) in [5, 5.41) is 9.49. The number of rotatable bonds is 0. The molecule has 0 amide bonds. The molecule has 2 aliphatic rings. The Kier molecular flexibility index (Phi) is 2.31. The third-order valence-electron chi connectivity index (χ3n) is 2.28. The van der Waals surface area contributed by atoms with Crippen LogP contribution in [0.1, 0.15) is 6.42 Å². The number of ether oxygens (including phenoxy) is 1. The smallest absolute Gasteiger partial charge is 0.176 e. The summed E-state index contributed by atoms with van der Waals surface area (Å²) in [6.07, 6.45) is -0.110. The molecule has 1 aliphatic carbocycles. The minimum Gasteiger partial charge on any atom is -0.384 e. The maximum atomic E-state index is 11.3. The van der Waals surface area contributed by atoms with Gasteiger partial charge >= 0.3 is 0 Å². The molecular formula is C7H8Br2O3. The zero-order chi connectivity index (χ0) is 8.88. The van der Waals surface area contributed by atoms with Gasteiger partial charge in [0, 0.05) is 0 Å². The number of hydrogen-bond acceptors (Lipinski definition) is 3. The van der Waals surface area contributed by atoms with Crippen LogP contribution in [-0.4, -0.2) is 38.9 Å². The van der Waals surface area contributed by atoms with Crippen molar-refractivity contribution in [2.45, 2.75) is 34.4 Å². The second kappa shape index (κ2) is 3.04. The van der Waals surface area contributed by atoms with Gasteiger partial charge in [0.1, 0.15) is 6.10 Å². The molecule has 5 atom stereocenters. The van der Waals surface area contributed by atoms with Crippen molar-refractivity contribution in [3.05, 3.63) is 0 Å². The second-order valence-corrected chi connectivity index (χ2v) is 5.30. The lowest BCUT2D eigenvalue weighted by molar-refractivity contribution is -0.126. The first-order chi connectivity index (χ1) is 5.61. The number of halogens is 2. The van der Waals surface area contributed by atoms with Crippen LogP contribution in [-0.2, 0) is 9.53 Å². The first-order valence-corrected chi connectivity index (χ1v) is 5.60. The Balaban J connectivity index is 2.17. The number of alkyl halides is 2. The predicted octanol–water partition coefficient (Wildman–Crippen LogP) is 0.615. The van der Waals surface area contributed by atoms with Crippen molar-refractivity contribution in [1.29, 1.82) is 0 Å². The van der Waals surface area contributed by atoms with Gasteiger partial charge in [0.25, 0.3) is 0 Å². The summed E-state index contributed by atoms with van der Waals surface area (Å²) in [5.74, 6) is -0.146.